The molecule has 0 saturated carbocycles. The van der Waals surface area contributed by atoms with Gasteiger partial charge in [-0.3, -0.25) is 0 Å². The van der Waals surface area contributed by atoms with Gasteiger partial charge >= 0.3 is 0 Å². The summed E-state index contributed by atoms with van der Waals surface area (Å²) in [6.45, 7) is 4.30. The first-order valence-corrected chi connectivity index (χ1v) is 5.04. The molecule has 1 heteroatoms. The molecule has 0 bridgehead atoms. The molecule has 1 unspecified atom stereocenters. The summed E-state index contributed by atoms with van der Waals surface area (Å²) in [5, 5.41) is 0. The molecule has 2 N–H and O–H groups in total. The third kappa shape index (κ3) is 3.19. The topological polar surface area (TPSA) is 26.0 Å². The van der Waals surface area contributed by atoms with Crippen LogP contribution in [0, 0.1) is 6.92 Å². The minimum atomic E-state index is 0.361. The van der Waals surface area contributed by atoms with Gasteiger partial charge in [0.25, 0.3) is 0 Å². The first-order chi connectivity index (χ1) is 6.24. The van der Waals surface area contributed by atoms with Crippen LogP contribution in [-0.2, 0) is 6.42 Å². The van der Waals surface area contributed by atoms with Gasteiger partial charge in [-0.05, 0) is 37.3 Å². The van der Waals surface area contributed by atoms with Crippen molar-refractivity contribution in [2.45, 2.75) is 39.2 Å². The van der Waals surface area contributed by atoms with Crippen LogP contribution in [0.15, 0.2) is 24.3 Å². The van der Waals surface area contributed by atoms with Gasteiger partial charge in [0.15, 0.2) is 0 Å². The molecule has 0 spiro atoms. The highest BCUT2D eigenvalue weighted by Gasteiger charge is 2.01. The van der Waals surface area contributed by atoms with E-state index in [1.165, 1.54) is 11.1 Å². The molecule has 0 radical (unpaired) electrons. The predicted molar refractivity (Wildman–Crippen MR) is 57.8 cm³/mol. The van der Waals surface area contributed by atoms with Crippen LogP contribution >= 0.6 is 0 Å². The molecular weight excluding hydrogens is 158 g/mol. The van der Waals surface area contributed by atoms with Gasteiger partial charge in [0.2, 0.25) is 0 Å². The smallest absolute Gasteiger partial charge is 0.00393 e. The molecule has 1 aromatic carbocycles. The molecule has 1 aromatic rings. The maximum absolute atomic E-state index is 5.87. The lowest BCUT2D eigenvalue weighted by Crippen LogP contribution is -2.19. The van der Waals surface area contributed by atoms with Crippen LogP contribution < -0.4 is 5.73 Å². The Balaban J connectivity index is 2.50. The largest absolute Gasteiger partial charge is 0.328 e. The summed E-state index contributed by atoms with van der Waals surface area (Å²) in [7, 11) is 0. The second-order valence-electron chi connectivity index (χ2n) is 3.63. The molecule has 1 nitrogen and oxygen atoms in total. The van der Waals surface area contributed by atoms with Crippen LogP contribution in [0.2, 0.25) is 0 Å². The van der Waals surface area contributed by atoms with E-state index in [9.17, 15) is 0 Å². The van der Waals surface area contributed by atoms with Crippen molar-refractivity contribution in [2.24, 2.45) is 5.73 Å². The number of rotatable bonds is 4. The molecular formula is C12H19N. The van der Waals surface area contributed by atoms with Crippen molar-refractivity contribution in [1.82, 2.24) is 0 Å². The van der Waals surface area contributed by atoms with Crippen molar-refractivity contribution < 1.29 is 0 Å². The van der Waals surface area contributed by atoms with Crippen LogP contribution in [0.25, 0.3) is 0 Å². The Morgan fingerprint density at radius 1 is 1.31 bits per heavy atom. The molecule has 0 aromatic heterocycles. The molecule has 0 fully saturated rings. The lowest BCUT2D eigenvalue weighted by atomic mass is 10.0. The molecule has 72 valence electrons. The third-order valence-corrected chi connectivity index (χ3v) is 2.57. The lowest BCUT2D eigenvalue weighted by Gasteiger charge is -2.09. The Hall–Kier alpha value is -0.820. The van der Waals surface area contributed by atoms with Crippen LogP contribution in [-0.4, -0.2) is 6.04 Å². The highest BCUT2D eigenvalue weighted by Crippen LogP contribution is 2.10. The summed E-state index contributed by atoms with van der Waals surface area (Å²) in [6.07, 6.45) is 3.29. The number of hydrogen-bond donors (Lipinski definition) is 1. The highest BCUT2D eigenvalue weighted by molar-refractivity contribution is 5.25. The summed E-state index contributed by atoms with van der Waals surface area (Å²) in [4.78, 5) is 0. The Morgan fingerprint density at radius 2 is 2.00 bits per heavy atom. The fraction of sp³-hybridized carbons (Fsp3) is 0.500. The van der Waals surface area contributed by atoms with Gasteiger partial charge < -0.3 is 5.73 Å². The zero-order valence-electron chi connectivity index (χ0n) is 8.59. The molecule has 0 aliphatic heterocycles. The molecule has 0 heterocycles. The van der Waals surface area contributed by atoms with Crippen LogP contribution in [0.5, 0.6) is 0 Å². The number of hydrogen-bond acceptors (Lipinski definition) is 1. The van der Waals surface area contributed by atoms with Crippen LogP contribution in [0.3, 0.4) is 0 Å². The summed E-state index contributed by atoms with van der Waals surface area (Å²) in [6, 6.07) is 8.89. The minimum Gasteiger partial charge on any atom is -0.328 e. The zero-order valence-corrected chi connectivity index (χ0v) is 8.59. The SMILES string of the molecule is CCC(N)CCc1ccccc1C. The van der Waals surface area contributed by atoms with Crippen LogP contribution in [0.4, 0.5) is 0 Å². The maximum atomic E-state index is 5.87. The normalized spacial score (nSPS) is 12.8. The Labute approximate surface area is 81.0 Å². The van der Waals surface area contributed by atoms with Crippen molar-refractivity contribution in [3.8, 4) is 0 Å². The molecule has 0 amide bonds. The lowest BCUT2D eigenvalue weighted by molar-refractivity contribution is 0.595. The number of nitrogens with two attached hydrogens (primary N) is 1. The minimum absolute atomic E-state index is 0.361. The second kappa shape index (κ2) is 5.03. The van der Waals surface area contributed by atoms with Gasteiger partial charge in [0.05, 0.1) is 0 Å². The second-order valence-corrected chi connectivity index (χ2v) is 3.63. The standard InChI is InChI=1S/C12H19N/c1-3-12(13)9-8-11-7-5-4-6-10(11)2/h4-7,12H,3,8-9,13H2,1-2H3. The van der Waals surface area contributed by atoms with E-state index >= 15 is 0 Å². The van der Waals surface area contributed by atoms with E-state index in [4.69, 9.17) is 5.73 Å². The zero-order chi connectivity index (χ0) is 9.68. The van der Waals surface area contributed by atoms with Gasteiger partial charge in [-0.1, -0.05) is 31.2 Å². The van der Waals surface area contributed by atoms with Gasteiger partial charge in [-0.25, -0.2) is 0 Å². The summed E-state index contributed by atoms with van der Waals surface area (Å²) in [5.74, 6) is 0. The fourth-order valence-corrected chi connectivity index (χ4v) is 1.44. The fourth-order valence-electron chi connectivity index (χ4n) is 1.44. The summed E-state index contributed by atoms with van der Waals surface area (Å²) in [5.41, 5.74) is 8.69. The van der Waals surface area contributed by atoms with Gasteiger partial charge in [0.1, 0.15) is 0 Å². The van der Waals surface area contributed by atoms with E-state index < -0.39 is 0 Å². The maximum Gasteiger partial charge on any atom is 0.00393 e. The monoisotopic (exact) mass is 177 g/mol. The van der Waals surface area contributed by atoms with Gasteiger partial charge in [-0.2, -0.15) is 0 Å². The average molecular weight is 177 g/mol. The molecule has 0 aliphatic carbocycles. The first kappa shape index (κ1) is 10.3. The Bertz CT molecular complexity index is 255. The molecule has 0 saturated heterocycles. The average Bonchev–Trinajstić information content (AvgIpc) is 2.16. The van der Waals surface area contributed by atoms with Gasteiger partial charge in [0, 0.05) is 6.04 Å². The summed E-state index contributed by atoms with van der Waals surface area (Å²) >= 11 is 0. The van der Waals surface area contributed by atoms with E-state index in [2.05, 4.69) is 38.1 Å². The van der Waals surface area contributed by atoms with Crippen molar-refractivity contribution in [3.63, 3.8) is 0 Å². The van der Waals surface area contributed by atoms with Crippen molar-refractivity contribution in [3.05, 3.63) is 35.4 Å². The molecule has 1 rings (SSSR count). The third-order valence-electron chi connectivity index (χ3n) is 2.57. The van der Waals surface area contributed by atoms with E-state index in [1.807, 2.05) is 0 Å². The molecule has 13 heavy (non-hydrogen) atoms. The number of aryl methyl sites for hydroxylation is 2. The quantitative estimate of drug-likeness (QED) is 0.751. The molecule has 1 atom stereocenters. The summed E-state index contributed by atoms with van der Waals surface area (Å²) < 4.78 is 0. The van der Waals surface area contributed by atoms with E-state index in [0.29, 0.717) is 6.04 Å². The molecule has 0 aliphatic rings. The van der Waals surface area contributed by atoms with E-state index in [0.717, 1.165) is 19.3 Å². The Morgan fingerprint density at radius 3 is 2.62 bits per heavy atom. The predicted octanol–water partition coefficient (Wildman–Crippen LogP) is 2.66. The van der Waals surface area contributed by atoms with E-state index in [1.54, 1.807) is 0 Å². The van der Waals surface area contributed by atoms with Crippen molar-refractivity contribution in [2.75, 3.05) is 0 Å². The van der Waals surface area contributed by atoms with E-state index in [-0.39, 0.29) is 0 Å². The number of benzene rings is 1. The van der Waals surface area contributed by atoms with Crippen molar-refractivity contribution >= 4 is 0 Å². The first-order valence-electron chi connectivity index (χ1n) is 5.04. The Kier molecular flexibility index (Phi) is 3.97. The highest BCUT2D eigenvalue weighted by atomic mass is 14.6. The van der Waals surface area contributed by atoms with Crippen molar-refractivity contribution in [1.29, 1.82) is 0 Å². The van der Waals surface area contributed by atoms with Gasteiger partial charge in [-0.15, -0.1) is 0 Å². The van der Waals surface area contributed by atoms with Crippen LogP contribution in [0.1, 0.15) is 30.9 Å².